The molecule has 6 rings (SSSR count). The lowest BCUT2D eigenvalue weighted by molar-refractivity contribution is 1.29. The molecule has 2 heterocycles. The second-order valence-corrected chi connectivity index (χ2v) is 7.16. The molecule has 0 bridgehead atoms. The van der Waals surface area contributed by atoms with Gasteiger partial charge in [-0.2, -0.15) is 0 Å². The van der Waals surface area contributed by atoms with E-state index in [2.05, 4.69) is 84.9 Å². The average Bonchev–Trinajstić information content (AvgIpc) is 2.75. The fourth-order valence-electron chi connectivity index (χ4n) is 4.10. The van der Waals surface area contributed by atoms with Gasteiger partial charge in [0.2, 0.25) is 0 Å². The van der Waals surface area contributed by atoms with Crippen molar-refractivity contribution in [2.45, 2.75) is 0 Å². The summed E-state index contributed by atoms with van der Waals surface area (Å²) in [6.07, 6.45) is 3.77. The molecule has 2 aromatic heterocycles. The molecule has 0 spiro atoms. The van der Waals surface area contributed by atoms with Crippen molar-refractivity contribution in [2.24, 2.45) is 0 Å². The lowest BCUT2D eigenvalue weighted by Crippen LogP contribution is -1.91. The van der Waals surface area contributed by atoms with E-state index in [9.17, 15) is 0 Å². The van der Waals surface area contributed by atoms with Crippen molar-refractivity contribution < 1.29 is 0 Å². The van der Waals surface area contributed by atoms with Gasteiger partial charge in [0.05, 0.1) is 11.4 Å². The van der Waals surface area contributed by atoms with Crippen LogP contribution in [-0.4, -0.2) is 9.97 Å². The molecule has 0 unspecified atom stereocenters. The van der Waals surface area contributed by atoms with E-state index < -0.39 is 0 Å². The number of aromatic nitrogens is 2. The van der Waals surface area contributed by atoms with Crippen LogP contribution in [-0.2, 0) is 0 Å². The predicted octanol–water partition coefficient (Wildman–Crippen LogP) is 6.76. The summed E-state index contributed by atoms with van der Waals surface area (Å²) in [6.45, 7) is 0. The quantitative estimate of drug-likeness (QED) is 0.304. The van der Waals surface area contributed by atoms with Gasteiger partial charge in [-0.1, -0.05) is 48.5 Å². The molecule has 0 amide bonds. The molecule has 6 aromatic rings. The minimum atomic E-state index is 0.934. The van der Waals surface area contributed by atoms with E-state index in [1.165, 1.54) is 32.3 Å². The van der Waals surface area contributed by atoms with Crippen LogP contribution >= 0.6 is 0 Å². The fraction of sp³-hybridized carbons (Fsp3) is 0. The number of benzene rings is 4. The number of hydrogen-bond donors (Lipinski definition) is 0. The molecule has 0 radical (unpaired) electrons. The zero-order valence-corrected chi connectivity index (χ0v) is 15.1. The van der Waals surface area contributed by atoms with Crippen molar-refractivity contribution in [1.82, 2.24) is 9.97 Å². The largest absolute Gasteiger partial charge is 0.254 e. The first-order valence-corrected chi connectivity index (χ1v) is 9.42. The predicted molar refractivity (Wildman–Crippen MR) is 117 cm³/mol. The minimum absolute atomic E-state index is 0.934. The van der Waals surface area contributed by atoms with Gasteiger partial charge < -0.3 is 0 Å². The SMILES string of the molecule is c1ccc2cc3c(-c4nccc5cc6ccccc6cc45)nccc3cc2c1. The second-order valence-electron chi connectivity index (χ2n) is 7.16. The Morgan fingerprint density at radius 3 is 1.21 bits per heavy atom. The van der Waals surface area contributed by atoms with Crippen LogP contribution in [0.15, 0.2) is 97.3 Å². The molecule has 4 aromatic carbocycles. The molecule has 0 saturated heterocycles. The second kappa shape index (κ2) is 5.86. The van der Waals surface area contributed by atoms with Crippen LogP contribution in [0, 0.1) is 0 Å². The van der Waals surface area contributed by atoms with Crippen LogP contribution in [0.4, 0.5) is 0 Å². The van der Waals surface area contributed by atoms with E-state index in [1.54, 1.807) is 0 Å². The Hall–Kier alpha value is -3.78. The van der Waals surface area contributed by atoms with Gasteiger partial charge in [0.15, 0.2) is 0 Å². The van der Waals surface area contributed by atoms with Gasteiger partial charge >= 0.3 is 0 Å². The third kappa shape index (κ3) is 2.28. The highest BCUT2D eigenvalue weighted by molar-refractivity contribution is 6.09. The molecule has 2 heteroatoms. The first kappa shape index (κ1) is 15.3. The van der Waals surface area contributed by atoms with E-state index >= 15 is 0 Å². The van der Waals surface area contributed by atoms with Crippen LogP contribution in [0.5, 0.6) is 0 Å². The normalized spacial score (nSPS) is 11.6. The molecule has 0 aliphatic carbocycles. The van der Waals surface area contributed by atoms with Crippen molar-refractivity contribution in [1.29, 1.82) is 0 Å². The van der Waals surface area contributed by atoms with Crippen LogP contribution in [0.3, 0.4) is 0 Å². The van der Waals surface area contributed by atoms with Crippen molar-refractivity contribution >= 4 is 43.1 Å². The van der Waals surface area contributed by atoms with Crippen LogP contribution < -0.4 is 0 Å². The Morgan fingerprint density at radius 1 is 0.393 bits per heavy atom. The Morgan fingerprint density at radius 2 is 0.786 bits per heavy atom. The number of pyridine rings is 2. The summed E-state index contributed by atoms with van der Waals surface area (Å²) in [4.78, 5) is 9.50. The smallest absolute Gasteiger partial charge is 0.0970 e. The molecular weight excluding hydrogens is 340 g/mol. The molecule has 130 valence electrons. The molecule has 0 atom stereocenters. The Labute approximate surface area is 162 Å². The lowest BCUT2D eigenvalue weighted by Gasteiger charge is -2.10. The van der Waals surface area contributed by atoms with E-state index in [0.29, 0.717) is 0 Å². The highest BCUT2D eigenvalue weighted by atomic mass is 14.8. The Balaban J connectivity index is 1.72. The molecule has 28 heavy (non-hydrogen) atoms. The van der Waals surface area contributed by atoms with Gasteiger partial charge in [-0.05, 0) is 68.7 Å². The highest BCUT2D eigenvalue weighted by Gasteiger charge is 2.12. The monoisotopic (exact) mass is 356 g/mol. The van der Waals surface area contributed by atoms with E-state index in [-0.39, 0.29) is 0 Å². The molecular formula is C26H16N2. The molecule has 0 aliphatic heterocycles. The van der Waals surface area contributed by atoms with Crippen LogP contribution in [0.2, 0.25) is 0 Å². The van der Waals surface area contributed by atoms with Gasteiger partial charge in [0.1, 0.15) is 0 Å². The maximum absolute atomic E-state index is 4.75. The van der Waals surface area contributed by atoms with E-state index in [0.717, 1.165) is 22.2 Å². The summed E-state index contributed by atoms with van der Waals surface area (Å²) in [5, 5.41) is 9.55. The third-order valence-corrected chi connectivity index (χ3v) is 5.49. The lowest BCUT2D eigenvalue weighted by atomic mass is 9.98. The topological polar surface area (TPSA) is 25.8 Å². The molecule has 2 nitrogen and oxygen atoms in total. The maximum Gasteiger partial charge on any atom is 0.0970 e. The van der Waals surface area contributed by atoms with E-state index in [1.807, 2.05) is 12.4 Å². The summed E-state index contributed by atoms with van der Waals surface area (Å²) in [5.41, 5.74) is 1.87. The van der Waals surface area contributed by atoms with Gasteiger partial charge in [0, 0.05) is 23.2 Å². The van der Waals surface area contributed by atoms with Gasteiger partial charge in [-0.3, -0.25) is 9.97 Å². The molecule has 0 saturated carbocycles. The number of hydrogen-bond acceptors (Lipinski definition) is 2. The minimum Gasteiger partial charge on any atom is -0.254 e. The van der Waals surface area contributed by atoms with Gasteiger partial charge in [0.25, 0.3) is 0 Å². The third-order valence-electron chi connectivity index (χ3n) is 5.49. The molecule has 0 N–H and O–H groups in total. The average molecular weight is 356 g/mol. The summed E-state index contributed by atoms with van der Waals surface area (Å²) in [6, 6.07) is 30.0. The first-order valence-electron chi connectivity index (χ1n) is 9.42. The zero-order valence-electron chi connectivity index (χ0n) is 15.1. The number of rotatable bonds is 1. The standard InChI is InChI=1S/C26H16N2/c1-3-7-19-15-23-21(13-17(19)5-1)9-11-27-25(23)26-24-16-20-8-4-2-6-18(20)14-22(24)10-12-28-26/h1-16H. The summed E-state index contributed by atoms with van der Waals surface area (Å²) >= 11 is 0. The van der Waals surface area contributed by atoms with Crippen molar-refractivity contribution in [3.05, 3.63) is 97.3 Å². The van der Waals surface area contributed by atoms with Crippen molar-refractivity contribution in [2.75, 3.05) is 0 Å². The van der Waals surface area contributed by atoms with Crippen molar-refractivity contribution in [3.8, 4) is 11.4 Å². The van der Waals surface area contributed by atoms with E-state index in [4.69, 9.17) is 9.97 Å². The van der Waals surface area contributed by atoms with Gasteiger partial charge in [-0.25, -0.2) is 0 Å². The van der Waals surface area contributed by atoms with Gasteiger partial charge in [-0.15, -0.1) is 0 Å². The fourth-order valence-corrected chi connectivity index (χ4v) is 4.10. The molecule has 0 fully saturated rings. The van der Waals surface area contributed by atoms with Crippen LogP contribution in [0.25, 0.3) is 54.5 Å². The Bertz CT molecular complexity index is 1400. The van der Waals surface area contributed by atoms with Crippen molar-refractivity contribution in [3.63, 3.8) is 0 Å². The van der Waals surface area contributed by atoms with Crippen LogP contribution in [0.1, 0.15) is 0 Å². The summed E-state index contributed by atoms with van der Waals surface area (Å²) in [7, 11) is 0. The number of fused-ring (bicyclic) bond motifs is 4. The maximum atomic E-state index is 4.75. The summed E-state index contributed by atoms with van der Waals surface area (Å²) < 4.78 is 0. The summed E-state index contributed by atoms with van der Waals surface area (Å²) in [5.74, 6) is 0. The zero-order chi connectivity index (χ0) is 18.5. The molecule has 0 aliphatic rings. The number of nitrogens with zero attached hydrogens (tertiary/aromatic N) is 2. The Kier molecular flexibility index (Phi) is 3.20. The first-order chi connectivity index (χ1) is 13.9. The highest BCUT2D eigenvalue weighted by Crippen LogP contribution is 2.34.